The van der Waals surface area contributed by atoms with Gasteiger partial charge in [-0.05, 0) is 33.6 Å². The molecule has 1 saturated carbocycles. The van der Waals surface area contributed by atoms with Crippen LogP contribution < -0.4 is 16.4 Å². The number of guanidine groups is 1. The van der Waals surface area contributed by atoms with Crippen LogP contribution in [-0.4, -0.2) is 30.0 Å². The molecule has 0 atom stereocenters. The Morgan fingerprint density at radius 1 is 1.26 bits per heavy atom. The van der Waals surface area contributed by atoms with Crippen LogP contribution in [0.15, 0.2) is 4.99 Å². The molecule has 112 valence electrons. The van der Waals surface area contributed by atoms with E-state index < -0.39 is 0 Å². The van der Waals surface area contributed by atoms with Crippen LogP contribution in [0.25, 0.3) is 0 Å². The number of nitrogens with two attached hydrogens (primary N) is 1. The van der Waals surface area contributed by atoms with E-state index in [0.29, 0.717) is 12.0 Å². The van der Waals surface area contributed by atoms with Gasteiger partial charge in [0.15, 0.2) is 5.96 Å². The van der Waals surface area contributed by atoms with Crippen LogP contribution in [0, 0.1) is 0 Å². The zero-order valence-corrected chi connectivity index (χ0v) is 14.5. The fourth-order valence-corrected chi connectivity index (χ4v) is 2.12. The Kier molecular flexibility index (Phi) is 8.36. The minimum absolute atomic E-state index is 0. The number of rotatable bonds is 3. The standard InChI is InChI=1S/C13H26N4O.HI/c1-13(2,3)17-11(18)9-15-12(14)16-10-7-5-4-6-8-10;/h10H,4-9H2,1-3H3,(H,17,18)(H3,14,15,16);1H. The van der Waals surface area contributed by atoms with Gasteiger partial charge in [-0.2, -0.15) is 0 Å². The monoisotopic (exact) mass is 382 g/mol. The van der Waals surface area contributed by atoms with E-state index in [-0.39, 0.29) is 42.0 Å². The summed E-state index contributed by atoms with van der Waals surface area (Å²) in [6.45, 7) is 5.91. The van der Waals surface area contributed by atoms with Crippen LogP contribution in [-0.2, 0) is 4.79 Å². The highest BCUT2D eigenvalue weighted by Crippen LogP contribution is 2.16. The summed E-state index contributed by atoms with van der Waals surface area (Å²) in [5, 5.41) is 6.03. The van der Waals surface area contributed by atoms with Crippen molar-refractivity contribution in [1.82, 2.24) is 10.6 Å². The molecule has 6 heteroatoms. The third kappa shape index (κ3) is 9.07. The highest BCUT2D eigenvalue weighted by Gasteiger charge is 2.15. The summed E-state index contributed by atoms with van der Waals surface area (Å²) in [5.74, 6) is 0.279. The highest BCUT2D eigenvalue weighted by atomic mass is 127. The topological polar surface area (TPSA) is 79.5 Å². The summed E-state index contributed by atoms with van der Waals surface area (Å²) >= 11 is 0. The fourth-order valence-electron chi connectivity index (χ4n) is 2.12. The fraction of sp³-hybridized carbons (Fsp3) is 0.846. The molecule has 1 fully saturated rings. The lowest BCUT2D eigenvalue weighted by atomic mass is 9.96. The van der Waals surface area contributed by atoms with Gasteiger partial charge in [-0.15, -0.1) is 24.0 Å². The summed E-state index contributed by atoms with van der Waals surface area (Å²) < 4.78 is 0. The summed E-state index contributed by atoms with van der Waals surface area (Å²) in [6.07, 6.45) is 6.09. The molecule has 1 amide bonds. The van der Waals surface area contributed by atoms with Gasteiger partial charge in [0.1, 0.15) is 6.54 Å². The Labute approximate surface area is 133 Å². The van der Waals surface area contributed by atoms with E-state index in [9.17, 15) is 4.79 Å². The lowest BCUT2D eigenvalue weighted by Gasteiger charge is -2.23. The van der Waals surface area contributed by atoms with Crippen LogP contribution in [0.5, 0.6) is 0 Å². The maximum absolute atomic E-state index is 11.6. The van der Waals surface area contributed by atoms with Crippen molar-refractivity contribution < 1.29 is 4.79 Å². The van der Waals surface area contributed by atoms with E-state index in [1.807, 2.05) is 20.8 Å². The second-order valence-electron chi connectivity index (χ2n) is 5.98. The highest BCUT2D eigenvalue weighted by molar-refractivity contribution is 14.0. The number of halogens is 1. The largest absolute Gasteiger partial charge is 0.370 e. The van der Waals surface area contributed by atoms with Gasteiger partial charge >= 0.3 is 0 Å². The average molecular weight is 382 g/mol. The molecule has 4 N–H and O–H groups in total. The lowest BCUT2D eigenvalue weighted by molar-refractivity contribution is -0.121. The lowest BCUT2D eigenvalue weighted by Crippen LogP contribution is -2.44. The smallest absolute Gasteiger partial charge is 0.242 e. The Balaban J connectivity index is 0.00000324. The Morgan fingerprint density at radius 3 is 2.37 bits per heavy atom. The SMILES string of the molecule is CC(C)(C)NC(=O)CN=C(N)NC1CCCCC1.I. The maximum atomic E-state index is 11.6. The molecule has 0 aliphatic heterocycles. The van der Waals surface area contributed by atoms with Gasteiger partial charge in [0.25, 0.3) is 0 Å². The molecular weight excluding hydrogens is 355 g/mol. The molecule has 0 unspecified atom stereocenters. The zero-order chi connectivity index (χ0) is 13.6. The van der Waals surface area contributed by atoms with Gasteiger partial charge in [-0.3, -0.25) is 4.79 Å². The first kappa shape index (κ1) is 18.5. The molecule has 0 aromatic carbocycles. The Hall–Kier alpha value is -0.530. The molecule has 0 heterocycles. The summed E-state index contributed by atoms with van der Waals surface area (Å²) in [7, 11) is 0. The van der Waals surface area contributed by atoms with Crippen LogP contribution in [0.1, 0.15) is 52.9 Å². The van der Waals surface area contributed by atoms with E-state index in [0.717, 1.165) is 12.8 Å². The van der Waals surface area contributed by atoms with Gasteiger partial charge in [0, 0.05) is 11.6 Å². The van der Waals surface area contributed by atoms with Gasteiger partial charge in [-0.25, -0.2) is 4.99 Å². The molecule has 1 aliphatic rings. The van der Waals surface area contributed by atoms with Crippen molar-refractivity contribution in [3.63, 3.8) is 0 Å². The van der Waals surface area contributed by atoms with Crippen molar-refractivity contribution in [2.45, 2.75) is 64.5 Å². The molecule has 0 bridgehead atoms. The van der Waals surface area contributed by atoms with E-state index in [4.69, 9.17) is 5.73 Å². The van der Waals surface area contributed by atoms with Gasteiger partial charge in [-0.1, -0.05) is 19.3 Å². The third-order valence-corrected chi connectivity index (χ3v) is 2.86. The second kappa shape index (κ2) is 8.60. The first-order valence-corrected chi connectivity index (χ1v) is 6.74. The molecule has 0 saturated heterocycles. The minimum atomic E-state index is -0.224. The van der Waals surface area contributed by atoms with Crippen molar-refractivity contribution in [3.05, 3.63) is 0 Å². The number of nitrogens with one attached hydrogen (secondary N) is 2. The van der Waals surface area contributed by atoms with Crippen molar-refractivity contribution >= 4 is 35.8 Å². The van der Waals surface area contributed by atoms with Crippen LogP contribution in [0.4, 0.5) is 0 Å². The molecule has 0 spiro atoms. The zero-order valence-electron chi connectivity index (χ0n) is 12.2. The van der Waals surface area contributed by atoms with Crippen molar-refractivity contribution in [1.29, 1.82) is 0 Å². The molecule has 0 aromatic rings. The number of hydrogen-bond acceptors (Lipinski definition) is 2. The molecule has 1 rings (SSSR count). The molecule has 0 aromatic heterocycles. The number of nitrogens with zero attached hydrogens (tertiary/aromatic N) is 1. The summed E-state index contributed by atoms with van der Waals surface area (Å²) in [6, 6.07) is 0.424. The number of aliphatic imine (C=N–C) groups is 1. The van der Waals surface area contributed by atoms with Crippen LogP contribution in [0.3, 0.4) is 0 Å². The van der Waals surface area contributed by atoms with Crippen molar-refractivity contribution in [3.8, 4) is 0 Å². The minimum Gasteiger partial charge on any atom is -0.370 e. The number of hydrogen-bond donors (Lipinski definition) is 3. The average Bonchev–Trinajstić information content (AvgIpc) is 2.25. The maximum Gasteiger partial charge on any atom is 0.242 e. The normalized spacial score (nSPS) is 17.5. The quantitative estimate of drug-likeness (QED) is 0.395. The van der Waals surface area contributed by atoms with Gasteiger partial charge in [0.2, 0.25) is 5.91 Å². The summed E-state index contributed by atoms with van der Waals surface area (Å²) in [5.41, 5.74) is 5.55. The van der Waals surface area contributed by atoms with E-state index in [1.165, 1.54) is 19.3 Å². The van der Waals surface area contributed by atoms with Crippen molar-refractivity contribution in [2.75, 3.05) is 6.54 Å². The third-order valence-electron chi connectivity index (χ3n) is 2.86. The van der Waals surface area contributed by atoms with Crippen LogP contribution in [0.2, 0.25) is 0 Å². The Morgan fingerprint density at radius 2 is 1.84 bits per heavy atom. The number of carbonyl (C=O) groups excluding carboxylic acids is 1. The van der Waals surface area contributed by atoms with E-state index in [2.05, 4.69) is 15.6 Å². The summed E-state index contributed by atoms with van der Waals surface area (Å²) in [4.78, 5) is 15.6. The predicted molar refractivity (Wildman–Crippen MR) is 89.8 cm³/mol. The number of amides is 1. The van der Waals surface area contributed by atoms with Crippen LogP contribution >= 0.6 is 24.0 Å². The molecule has 5 nitrogen and oxygen atoms in total. The second-order valence-corrected chi connectivity index (χ2v) is 5.98. The number of carbonyl (C=O) groups is 1. The Bertz CT molecular complexity index is 306. The first-order valence-electron chi connectivity index (χ1n) is 6.74. The van der Waals surface area contributed by atoms with Gasteiger partial charge < -0.3 is 16.4 Å². The van der Waals surface area contributed by atoms with Crippen molar-refractivity contribution in [2.24, 2.45) is 10.7 Å². The first-order chi connectivity index (χ1) is 8.37. The molecule has 19 heavy (non-hydrogen) atoms. The van der Waals surface area contributed by atoms with Gasteiger partial charge in [0.05, 0.1) is 0 Å². The molecule has 1 aliphatic carbocycles. The molecule has 0 radical (unpaired) electrons. The predicted octanol–water partition coefficient (Wildman–Crippen LogP) is 1.76. The van der Waals surface area contributed by atoms with E-state index >= 15 is 0 Å². The van der Waals surface area contributed by atoms with E-state index in [1.54, 1.807) is 0 Å². The molecular formula is C13H27IN4O.